The molecule has 33 heavy (non-hydrogen) atoms. The standard InChI is InChI=1S/C26H21FN4O2/c27-20-9-11-21(12-10-20)29-26(32)19-5-3-4-18(14-19)25-22-6-1-2-7-23(22)31(30-25)24-13-8-17(15-28)16-33-24/h1-7,9-12,14,17,24H,8,13,16H2,(H,29,32). The molecule has 1 N–H and O–H groups in total. The van der Waals surface area contributed by atoms with E-state index in [-0.39, 0.29) is 23.9 Å². The Morgan fingerprint density at radius 1 is 1.09 bits per heavy atom. The van der Waals surface area contributed by atoms with E-state index in [1.807, 2.05) is 41.1 Å². The van der Waals surface area contributed by atoms with Crippen molar-refractivity contribution >= 4 is 22.5 Å². The first-order valence-corrected chi connectivity index (χ1v) is 10.8. The molecule has 1 aliphatic heterocycles. The number of para-hydroxylation sites is 1. The van der Waals surface area contributed by atoms with Crippen LogP contribution < -0.4 is 5.32 Å². The molecule has 0 saturated carbocycles. The van der Waals surface area contributed by atoms with Crippen LogP contribution in [0.2, 0.25) is 0 Å². The molecule has 0 aliphatic carbocycles. The molecule has 0 spiro atoms. The number of nitrogens with one attached hydrogen (secondary N) is 1. The molecule has 2 atom stereocenters. The zero-order chi connectivity index (χ0) is 22.8. The number of rotatable bonds is 4. The molecule has 1 amide bonds. The van der Waals surface area contributed by atoms with Crippen molar-refractivity contribution in [2.45, 2.75) is 19.1 Å². The molecule has 0 bridgehead atoms. The summed E-state index contributed by atoms with van der Waals surface area (Å²) in [5.74, 6) is -0.730. The summed E-state index contributed by atoms with van der Waals surface area (Å²) in [6, 6.07) is 23.1. The quantitative estimate of drug-likeness (QED) is 0.452. The number of nitriles is 1. The van der Waals surface area contributed by atoms with Crippen molar-refractivity contribution < 1.29 is 13.9 Å². The second kappa shape index (κ2) is 8.85. The highest BCUT2D eigenvalue weighted by atomic mass is 19.1. The van der Waals surface area contributed by atoms with Crippen molar-refractivity contribution in [3.63, 3.8) is 0 Å². The third kappa shape index (κ3) is 4.21. The average molecular weight is 440 g/mol. The SMILES string of the molecule is N#CC1CCC(n2nc(-c3cccc(C(=O)Nc4ccc(F)cc4)c3)c3ccccc32)OC1. The van der Waals surface area contributed by atoms with Crippen molar-refractivity contribution in [3.05, 3.63) is 84.2 Å². The Hall–Kier alpha value is -4.02. The van der Waals surface area contributed by atoms with Gasteiger partial charge in [-0.2, -0.15) is 10.4 Å². The van der Waals surface area contributed by atoms with Crippen LogP contribution in [0.4, 0.5) is 10.1 Å². The summed E-state index contributed by atoms with van der Waals surface area (Å²) in [5.41, 5.74) is 3.50. The molecule has 2 heterocycles. The summed E-state index contributed by atoms with van der Waals surface area (Å²) in [6.07, 6.45) is 1.24. The average Bonchev–Trinajstić information content (AvgIpc) is 3.25. The number of anilines is 1. The Labute approximate surface area is 190 Å². The fraction of sp³-hybridized carbons (Fsp3) is 0.192. The fourth-order valence-electron chi connectivity index (χ4n) is 4.10. The number of amides is 1. The maximum atomic E-state index is 13.1. The van der Waals surface area contributed by atoms with Gasteiger partial charge in [0.2, 0.25) is 0 Å². The zero-order valence-corrected chi connectivity index (χ0v) is 17.7. The normalized spacial score (nSPS) is 18.1. The van der Waals surface area contributed by atoms with Crippen LogP contribution in [0, 0.1) is 23.1 Å². The Morgan fingerprint density at radius 2 is 1.91 bits per heavy atom. The predicted molar refractivity (Wildman–Crippen MR) is 123 cm³/mol. The van der Waals surface area contributed by atoms with Gasteiger partial charge in [-0.3, -0.25) is 4.79 Å². The number of benzene rings is 3. The summed E-state index contributed by atoms with van der Waals surface area (Å²) < 4.78 is 21.0. The lowest BCUT2D eigenvalue weighted by atomic mass is 10.0. The highest BCUT2D eigenvalue weighted by Gasteiger charge is 2.26. The van der Waals surface area contributed by atoms with E-state index in [1.165, 1.54) is 24.3 Å². The van der Waals surface area contributed by atoms with E-state index in [2.05, 4.69) is 11.4 Å². The van der Waals surface area contributed by atoms with Gasteiger partial charge in [-0.1, -0.05) is 30.3 Å². The van der Waals surface area contributed by atoms with Gasteiger partial charge in [0.15, 0.2) is 6.23 Å². The van der Waals surface area contributed by atoms with E-state index >= 15 is 0 Å². The largest absolute Gasteiger partial charge is 0.355 e. The Bertz CT molecular complexity index is 1350. The molecule has 1 aliphatic rings. The lowest BCUT2D eigenvalue weighted by molar-refractivity contribution is -0.0515. The van der Waals surface area contributed by atoms with Gasteiger partial charge in [0.05, 0.1) is 24.1 Å². The number of hydrogen-bond donors (Lipinski definition) is 1. The number of nitrogens with zero attached hydrogens (tertiary/aromatic N) is 3. The third-order valence-corrected chi connectivity index (χ3v) is 5.82. The van der Waals surface area contributed by atoms with E-state index in [4.69, 9.17) is 15.1 Å². The zero-order valence-electron chi connectivity index (χ0n) is 17.7. The van der Waals surface area contributed by atoms with Gasteiger partial charge in [0.1, 0.15) is 11.5 Å². The van der Waals surface area contributed by atoms with Gasteiger partial charge < -0.3 is 10.1 Å². The van der Waals surface area contributed by atoms with Crippen LogP contribution in [0.15, 0.2) is 72.8 Å². The van der Waals surface area contributed by atoms with E-state index in [0.717, 1.165) is 28.6 Å². The van der Waals surface area contributed by atoms with Crippen LogP contribution >= 0.6 is 0 Å². The van der Waals surface area contributed by atoms with Gasteiger partial charge in [-0.15, -0.1) is 0 Å². The van der Waals surface area contributed by atoms with E-state index in [0.29, 0.717) is 24.3 Å². The Kier molecular flexibility index (Phi) is 5.59. The molecular formula is C26H21FN4O2. The lowest BCUT2D eigenvalue weighted by Crippen LogP contribution is -2.24. The molecule has 0 radical (unpaired) electrons. The summed E-state index contributed by atoms with van der Waals surface area (Å²) >= 11 is 0. The lowest BCUT2D eigenvalue weighted by Gasteiger charge is -2.26. The molecule has 1 aromatic heterocycles. The highest BCUT2D eigenvalue weighted by Crippen LogP contribution is 2.34. The van der Waals surface area contributed by atoms with E-state index < -0.39 is 0 Å². The molecule has 2 unspecified atom stereocenters. The topological polar surface area (TPSA) is 79.9 Å². The maximum Gasteiger partial charge on any atom is 0.255 e. The smallest absolute Gasteiger partial charge is 0.255 e. The molecule has 5 rings (SSSR count). The second-order valence-electron chi connectivity index (χ2n) is 8.04. The second-order valence-corrected chi connectivity index (χ2v) is 8.04. The molecule has 6 nitrogen and oxygen atoms in total. The van der Waals surface area contributed by atoms with Crippen molar-refractivity contribution in [1.29, 1.82) is 5.26 Å². The number of ether oxygens (including phenoxy) is 1. The number of carbonyl (C=O) groups excluding carboxylic acids is 1. The van der Waals surface area contributed by atoms with Crippen LogP contribution in [0.1, 0.15) is 29.4 Å². The molecule has 7 heteroatoms. The van der Waals surface area contributed by atoms with Gasteiger partial charge >= 0.3 is 0 Å². The van der Waals surface area contributed by atoms with Gasteiger partial charge in [0, 0.05) is 22.2 Å². The minimum Gasteiger partial charge on any atom is -0.355 e. The molecule has 1 fully saturated rings. The molecule has 4 aromatic rings. The monoisotopic (exact) mass is 440 g/mol. The fourth-order valence-corrected chi connectivity index (χ4v) is 4.10. The summed E-state index contributed by atoms with van der Waals surface area (Å²) in [4.78, 5) is 12.8. The molecule has 3 aromatic carbocycles. The van der Waals surface area contributed by atoms with Crippen LogP contribution in [0.3, 0.4) is 0 Å². The van der Waals surface area contributed by atoms with E-state index in [9.17, 15) is 9.18 Å². The summed E-state index contributed by atoms with van der Waals surface area (Å²) in [5, 5.41) is 17.8. The van der Waals surface area contributed by atoms with E-state index in [1.54, 1.807) is 12.1 Å². The summed E-state index contributed by atoms with van der Waals surface area (Å²) in [7, 11) is 0. The Morgan fingerprint density at radius 3 is 2.67 bits per heavy atom. The highest BCUT2D eigenvalue weighted by molar-refractivity contribution is 6.05. The molecule has 1 saturated heterocycles. The number of hydrogen-bond acceptors (Lipinski definition) is 4. The summed E-state index contributed by atoms with van der Waals surface area (Å²) in [6.45, 7) is 0.393. The van der Waals surface area contributed by atoms with Gasteiger partial charge in [0.25, 0.3) is 5.91 Å². The number of aromatic nitrogens is 2. The van der Waals surface area contributed by atoms with Gasteiger partial charge in [-0.25, -0.2) is 9.07 Å². The Balaban J connectivity index is 1.47. The van der Waals surface area contributed by atoms with Crippen molar-refractivity contribution in [1.82, 2.24) is 9.78 Å². The molecular weight excluding hydrogens is 419 g/mol. The third-order valence-electron chi connectivity index (χ3n) is 5.82. The van der Waals surface area contributed by atoms with Gasteiger partial charge in [-0.05, 0) is 55.3 Å². The van der Waals surface area contributed by atoms with Crippen molar-refractivity contribution in [2.24, 2.45) is 5.92 Å². The minimum atomic E-state index is -0.359. The maximum absolute atomic E-state index is 13.1. The van der Waals surface area contributed by atoms with Crippen LogP contribution in [-0.2, 0) is 4.74 Å². The number of halogens is 1. The van der Waals surface area contributed by atoms with Crippen molar-refractivity contribution in [3.8, 4) is 17.3 Å². The minimum absolute atomic E-state index is 0.0844. The first-order valence-electron chi connectivity index (χ1n) is 10.8. The van der Waals surface area contributed by atoms with Crippen LogP contribution in [0.5, 0.6) is 0 Å². The van der Waals surface area contributed by atoms with Crippen LogP contribution in [-0.4, -0.2) is 22.3 Å². The first kappa shape index (κ1) is 20.9. The first-order chi connectivity index (χ1) is 16.1. The van der Waals surface area contributed by atoms with Crippen molar-refractivity contribution in [2.75, 3.05) is 11.9 Å². The number of fused-ring (bicyclic) bond motifs is 1. The number of carbonyl (C=O) groups is 1. The van der Waals surface area contributed by atoms with Crippen LogP contribution in [0.25, 0.3) is 22.2 Å². The molecule has 164 valence electrons. The predicted octanol–water partition coefficient (Wildman–Crippen LogP) is 5.54.